The molecule has 0 saturated carbocycles. The van der Waals surface area contributed by atoms with Crippen LogP contribution >= 0.6 is 0 Å². The highest BCUT2D eigenvalue weighted by Crippen LogP contribution is 2.34. The van der Waals surface area contributed by atoms with Crippen LogP contribution in [0.1, 0.15) is 38.5 Å². The van der Waals surface area contributed by atoms with Crippen LogP contribution in [0.2, 0.25) is 0 Å². The van der Waals surface area contributed by atoms with Crippen LogP contribution in [-0.4, -0.2) is 60.8 Å². The van der Waals surface area contributed by atoms with Crippen molar-refractivity contribution in [3.8, 4) is 0 Å². The molecule has 9 heteroatoms. The Kier molecular flexibility index (Phi) is 5.09. The molecule has 8 nitrogen and oxygen atoms in total. The normalized spacial score (nSPS) is 26.8. The molecule has 3 heterocycles. The van der Waals surface area contributed by atoms with E-state index in [0.717, 1.165) is 38.8 Å². The SMILES string of the molecule is O=[N+]([O-])c1ccc(N[C@@H]2CCN3CCCC[C@H]23)c(S(=O)(=O)N2CCCC2)c1. The van der Waals surface area contributed by atoms with E-state index >= 15 is 0 Å². The summed E-state index contributed by atoms with van der Waals surface area (Å²) in [6.45, 7) is 3.07. The Labute approximate surface area is 159 Å². The predicted molar refractivity (Wildman–Crippen MR) is 102 cm³/mol. The molecule has 3 aliphatic heterocycles. The molecule has 1 aromatic rings. The first-order valence-corrected chi connectivity index (χ1v) is 11.2. The van der Waals surface area contributed by atoms with E-state index in [1.54, 1.807) is 6.07 Å². The minimum atomic E-state index is -3.74. The van der Waals surface area contributed by atoms with Gasteiger partial charge in [-0.15, -0.1) is 0 Å². The van der Waals surface area contributed by atoms with E-state index in [-0.39, 0.29) is 16.6 Å². The molecule has 3 saturated heterocycles. The number of benzene rings is 1. The van der Waals surface area contributed by atoms with Crippen molar-refractivity contribution in [2.24, 2.45) is 0 Å². The lowest BCUT2D eigenvalue weighted by Gasteiger charge is -2.33. The highest BCUT2D eigenvalue weighted by atomic mass is 32.2. The second-order valence-electron chi connectivity index (χ2n) is 7.69. The maximum Gasteiger partial charge on any atom is 0.270 e. The van der Waals surface area contributed by atoms with Crippen LogP contribution in [0, 0.1) is 10.1 Å². The summed E-state index contributed by atoms with van der Waals surface area (Å²) in [5.41, 5.74) is 0.300. The van der Waals surface area contributed by atoms with Gasteiger partial charge < -0.3 is 5.32 Å². The van der Waals surface area contributed by atoms with Gasteiger partial charge in [0, 0.05) is 43.9 Å². The van der Waals surface area contributed by atoms with E-state index in [0.29, 0.717) is 24.8 Å². The Morgan fingerprint density at radius 3 is 2.52 bits per heavy atom. The van der Waals surface area contributed by atoms with Gasteiger partial charge in [0.25, 0.3) is 5.69 Å². The highest BCUT2D eigenvalue weighted by molar-refractivity contribution is 7.89. The second-order valence-corrected chi connectivity index (χ2v) is 9.59. The van der Waals surface area contributed by atoms with Crippen molar-refractivity contribution in [1.29, 1.82) is 0 Å². The number of nitrogens with one attached hydrogen (secondary N) is 1. The molecule has 0 unspecified atom stereocenters. The van der Waals surface area contributed by atoms with E-state index in [1.807, 2.05) is 0 Å². The number of non-ortho nitro benzene ring substituents is 1. The van der Waals surface area contributed by atoms with Crippen molar-refractivity contribution in [1.82, 2.24) is 9.21 Å². The number of fused-ring (bicyclic) bond motifs is 1. The third-order valence-corrected chi connectivity index (χ3v) is 7.99. The third-order valence-electron chi connectivity index (χ3n) is 6.06. The Bertz CT molecular complexity index is 823. The molecule has 0 aromatic heterocycles. The maximum atomic E-state index is 13.1. The molecule has 3 fully saturated rings. The van der Waals surface area contributed by atoms with Gasteiger partial charge in [-0.05, 0) is 44.7 Å². The van der Waals surface area contributed by atoms with Crippen molar-refractivity contribution in [3.05, 3.63) is 28.3 Å². The number of nitro groups is 1. The van der Waals surface area contributed by atoms with Gasteiger partial charge in [0.2, 0.25) is 10.0 Å². The summed E-state index contributed by atoms with van der Waals surface area (Å²) in [6.07, 6.45) is 6.14. The molecule has 0 aliphatic carbocycles. The summed E-state index contributed by atoms with van der Waals surface area (Å²) in [5, 5.41) is 14.6. The average molecular weight is 394 g/mol. The van der Waals surface area contributed by atoms with E-state index in [2.05, 4.69) is 10.2 Å². The summed E-state index contributed by atoms with van der Waals surface area (Å²) in [6, 6.07) is 4.75. The van der Waals surface area contributed by atoms with E-state index in [9.17, 15) is 18.5 Å². The smallest absolute Gasteiger partial charge is 0.270 e. The number of anilines is 1. The number of hydrogen-bond donors (Lipinski definition) is 1. The van der Waals surface area contributed by atoms with Crippen LogP contribution in [0.5, 0.6) is 0 Å². The molecule has 0 bridgehead atoms. The second kappa shape index (κ2) is 7.37. The summed E-state index contributed by atoms with van der Waals surface area (Å²) < 4.78 is 27.7. The monoisotopic (exact) mass is 394 g/mol. The van der Waals surface area contributed by atoms with Crippen molar-refractivity contribution in [2.75, 3.05) is 31.5 Å². The molecule has 1 N–H and O–H groups in total. The molecule has 27 heavy (non-hydrogen) atoms. The molecular formula is C18H26N4O4S. The molecule has 0 amide bonds. The standard InChI is InChI=1S/C18H26N4O4S/c23-22(24)14-6-7-16(18(13-14)27(25,26)21-10-3-4-11-21)19-15-8-12-20-9-2-1-5-17(15)20/h6-7,13,15,17,19H,1-5,8-12H2/t15-,17-/m1/s1. The first-order chi connectivity index (χ1) is 13.0. The summed E-state index contributed by atoms with van der Waals surface area (Å²) in [5.74, 6) is 0. The van der Waals surface area contributed by atoms with Crippen molar-refractivity contribution in [2.45, 2.75) is 55.5 Å². The van der Waals surface area contributed by atoms with Crippen LogP contribution in [0.25, 0.3) is 0 Å². The zero-order chi connectivity index (χ0) is 19.0. The Morgan fingerprint density at radius 1 is 1.04 bits per heavy atom. The van der Waals surface area contributed by atoms with E-state index in [4.69, 9.17) is 0 Å². The minimum absolute atomic E-state index is 0.0351. The van der Waals surface area contributed by atoms with Gasteiger partial charge in [-0.2, -0.15) is 4.31 Å². The molecule has 4 rings (SSSR count). The van der Waals surface area contributed by atoms with Crippen LogP contribution in [0.3, 0.4) is 0 Å². The molecule has 148 valence electrons. The lowest BCUT2D eigenvalue weighted by Crippen LogP contribution is -2.42. The topological polar surface area (TPSA) is 95.8 Å². The van der Waals surface area contributed by atoms with Gasteiger partial charge >= 0.3 is 0 Å². The summed E-state index contributed by atoms with van der Waals surface area (Å²) in [4.78, 5) is 13.2. The maximum absolute atomic E-state index is 13.1. The van der Waals surface area contributed by atoms with Gasteiger partial charge in [-0.1, -0.05) is 6.42 Å². The lowest BCUT2D eigenvalue weighted by atomic mass is 9.99. The predicted octanol–water partition coefficient (Wildman–Crippen LogP) is 2.42. The number of piperidine rings is 1. The van der Waals surface area contributed by atoms with E-state index in [1.165, 1.54) is 29.3 Å². The van der Waals surface area contributed by atoms with Gasteiger partial charge in [-0.25, -0.2) is 8.42 Å². The molecule has 0 radical (unpaired) electrons. The molecule has 2 atom stereocenters. The molecule has 0 spiro atoms. The Morgan fingerprint density at radius 2 is 1.78 bits per heavy atom. The fraction of sp³-hybridized carbons (Fsp3) is 0.667. The average Bonchev–Trinajstić information content (AvgIpc) is 3.33. The number of hydrogen-bond acceptors (Lipinski definition) is 6. The molecule has 1 aromatic carbocycles. The number of sulfonamides is 1. The highest BCUT2D eigenvalue weighted by Gasteiger charge is 2.37. The van der Waals surface area contributed by atoms with Crippen molar-refractivity contribution in [3.63, 3.8) is 0 Å². The number of rotatable bonds is 5. The summed E-state index contributed by atoms with van der Waals surface area (Å²) >= 11 is 0. The Balaban J connectivity index is 1.66. The minimum Gasteiger partial charge on any atom is -0.380 e. The van der Waals surface area contributed by atoms with Crippen molar-refractivity contribution >= 4 is 21.4 Å². The largest absolute Gasteiger partial charge is 0.380 e. The quantitative estimate of drug-likeness (QED) is 0.609. The first-order valence-electron chi connectivity index (χ1n) is 9.76. The van der Waals surface area contributed by atoms with Crippen LogP contribution < -0.4 is 5.32 Å². The van der Waals surface area contributed by atoms with Crippen LogP contribution in [0.15, 0.2) is 23.1 Å². The summed E-state index contributed by atoms with van der Waals surface area (Å²) in [7, 11) is -3.74. The first kappa shape index (κ1) is 18.6. The van der Waals surface area contributed by atoms with Crippen LogP contribution in [-0.2, 0) is 10.0 Å². The van der Waals surface area contributed by atoms with Crippen molar-refractivity contribution < 1.29 is 13.3 Å². The van der Waals surface area contributed by atoms with Gasteiger partial charge in [0.1, 0.15) is 4.90 Å². The number of nitrogens with zero attached hydrogens (tertiary/aromatic N) is 3. The lowest BCUT2D eigenvalue weighted by molar-refractivity contribution is -0.385. The van der Waals surface area contributed by atoms with Crippen LogP contribution in [0.4, 0.5) is 11.4 Å². The fourth-order valence-corrected chi connectivity index (χ4v) is 6.33. The fourth-order valence-electron chi connectivity index (χ4n) is 4.64. The van der Waals surface area contributed by atoms with Gasteiger partial charge in [0.05, 0.1) is 10.6 Å². The van der Waals surface area contributed by atoms with Gasteiger partial charge in [0.15, 0.2) is 0 Å². The number of nitro benzene ring substituents is 1. The third kappa shape index (κ3) is 3.55. The molecule has 3 aliphatic rings. The Hall–Kier alpha value is -1.71. The zero-order valence-electron chi connectivity index (χ0n) is 15.3. The zero-order valence-corrected chi connectivity index (χ0v) is 16.2. The molecular weight excluding hydrogens is 368 g/mol. The van der Waals surface area contributed by atoms with Gasteiger partial charge in [-0.3, -0.25) is 15.0 Å². The van der Waals surface area contributed by atoms with E-state index < -0.39 is 14.9 Å².